The van der Waals surface area contributed by atoms with Gasteiger partial charge in [-0.05, 0) is 48.7 Å². The molecular weight excluding hydrogens is 269 g/mol. The fraction of sp³-hybridized carbons (Fsp3) is 0.235. The van der Waals surface area contributed by atoms with Crippen molar-refractivity contribution in [3.8, 4) is 5.75 Å². The van der Waals surface area contributed by atoms with Crippen molar-refractivity contribution in [1.29, 1.82) is 0 Å². The van der Waals surface area contributed by atoms with Crippen LogP contribution in [0.1, 0.15) is 21.5 Å². The minimum Gasteiger partial charge on any atom is -0.497 e. The second kappa shape index (κ2) is 6.88. The van der Waals surface area contributed by atoms with Crippen LogP contribution in [0.2, 0.25) is 0 Å². The number of hydrogen-bond acceptors (Lipinski definition) is 2. The van der Waals surface area contributed by atoms with E-state index in [9.17, 15) is 9.18 Å². The van der Waals surface area contributed by atoms with Gasteiger partial charge in [0.05, 0.1) is 12.7 Å². The molecule has 110 valence electrons. The minimum absolute atomic E-state index is 0.0790. The van der Waals surface area contributed by atoms with Gasteiger partial charge >= 0.3 is 0 Å². The molecule has 21 heavy (non-hydrogen) atoms. The number of hydrogen-bond donors (Lipinski definition) is 1. The molecule has 0 atom stereocenters. The summed E-state index contributed by atoms with van der Waals surface area (Å²) < 4.78 is 18.7. The zero-order valence-corrected chi connectivity index (χ0v) is 12.2. The molecule has 0 aliphatic heterocycles. The normalized spacial score (nSPS) is 10.2. The van der Waals surface area contributed by atoms with Crippen LogP contribution in [-0.4, -0.2) is 19.6 Å². The molecule has 4 heteroatoms. The maximum atomic E-state index is 13.7. The molecule has 0 radical (unpaired) electrons. The van der Waals surface area contributed by atoms with E-state index in [2.05, 4.69) is 5.32 Å². The van der Waals surface area contributed by atoms with Gasteiger partial charge in [0.25, 0.3) is 5.91 Å². The quantitative estimate of drug-likeness (QED) is 0.917. The Morgan fingerprint density at radius 2 is 1.90 bits per heavy atom. The van der Waals surface area contributed by atoms with E-state index in [1.807, 2.05) is 24.3 Å². The van der Waals surface area contributed by atoms with Crippen LogP contribution in [-0.2, 0) is 6.42 Å². The summed E-state index contributed by atoms with van der Waals surface area (Å²) in [5, 5.41) is 2.73. The maximum Gasteiger partial charge on any atom is 0.254 e. The number of carbonyl (C=O) groups excluding carboxylic acids is 1. The monoisotopic (exact) mass is 287 g/mol. The van der Waals surface area contributed by atoms with E-state index in [0.717, 1.165) is 16.9 Å². The SMILES string of the molecule is COc1ccc(CCNC(=O)c2ccc(C)cc2F)cc1. The summed E-state index contributed by atoms with van der Waals surface area (Å²) in [5.74, 6) is -0.0810. The molecule has 0 aliphatic carbocycles. The number of carbonyl (C=O) groups is 1. The summed E-state index contributed by atoms with van der Waals surface area (Å²) in [6, 6.07) is 12.2. The predicted molar refractivity (Wildman–Crippen MR) is 80.2 cm³/mol. The van der Waals surface area contributed by atoms with Gasteiger partial charge in [-0.1, -0.05) is 18.2 Å². The number of benzene rings is 2. The first-order chi connectivity index (χ1) is 10.1. The third-order valence-corrected chi connectivity index (χ3v) is 3.23. The lowest BCUT2D eigenvalue weighted by atomic mass is 10.1. The first-order valence-corrected chi connectivity index (χ1v) is 6.77. The summed E-state index contributed by atoms with van der Waals surface area (Å²) in [6.07, 6.45) is 0.684. The molecule has 1 N–H and O–H groups in total. The Balaban J connectivity index is 1.88. The summed E-state index contributed by atoms with van der Waals surface area (Å²) in [6.45, 7) is 2.24. The Morgan fingerprint density at radius 3 is 2.52 bits per heavy atom. The van der Waals surface area contributed by atoms with Gasteiger partial charge < -0.3 is 10.1 Å². The van der Waals surface area contributed by atoms with Gasteiger partial charge in [-0.25, -0.2) is 4.39 Å². The van der Waals surface area contributed by atoms with Crippen LogP contribution in [0, 0.1) is 12.7 Å². The number of ether oxygens (including phenoxy) is 1. The largest absolute Gasteiger partial charge is 0.497 e. The predicted octanol–water partition coefficient (Wildman–Crippen LogP) is 3.12. The molecule has 2 rings (SSSR count). The van der Waals surface area contributed by atoms with Gasteiger partial charge in [-0.3, -0.25) is 4.79 Å². The van der Waals surface area contributed by atoms with E-state index in [1.165, 1.54) is 12.1 Å². The lowest BCUT2D eigenvalue weighted by molar-refractivity contribution is 0.0950. The average Bonchev–Trinajstić information content (AvgIpc) is 2.47. The Morgan fingerprint density at radius 1 is 1.19 bits per heavy atom. The first kappa shape index (κ1) is 15.0. The number of rotatable bonds is 5. The Hall–Kier alpha value is -2.36. The van der Waals surface area contributed by atoms with E-state index < -0.39 is 5.82 Å². The van der Waals surface area contributed by atoms with Crippen molar-refractivity contribution in [2.24, 2.45) is 0 Å². The van der Waals surface area contributed by atoms with Gasteiger partial charge in [0, 0.05) is 6.54 Å². The van der Waals surface area contributed by atoms with Crippen molar-refractivity contribution < 1.29 is 13.9 Å². The van der Waals surface area contributed by atoms with E-state index in [0.29, 0.717) is 13.0 Å². The molecule has 0 saturated heterocycles. The van der Waals surface area contributed by atoms with E-state index in [-0.39, 0.29) is 11.5 Å². The van der Waals surface area contributed by atoms with E-state index in [4.69, 9.17) is 4.74 Å². The zero-order chi connectivity index (χ0) is 15.2. The summed E-state index contributed by atoms with van der Waals surface area (Å²) in [7, 11) is 1.62. The van der Waals surface area contributed by atoms with Crippen LogP contribution in [0.25, 0.3) is 0 Å². The zero-order valence-electron chi connectivity index (χ0n) is 12.2. The molecule has 1 amide bonds. The number of halogens is 1. The van der Waals surface area contributed by atoms with Gasteiger partial charge in [0.15, 0.2) is 0 Å². The highest BCUT2D eigenvalue weighted by atomic mass is 19.1. The van der Waals surface area contributed by atoms with Crippen LogP contribution >= 0.6 is 0 Å². The number of amides is 1. The molecule has 0 saturated carbocycles. The standard InChI is InChI=1S/C17H18FNO2/c1-12-3-8-15(16(18)11-12)17(20)19-10-9-13-4-6-14(21-2)7-5-13/h3-8,11H,9-10H2,1-2H3,(H,19,20). The number of methoxy groups -OCH3 is 1. The Kier molecular flexibility index (Phi) is 4.93. The molecule has 0 aromatic heterocycles. The number of aryl methyl sites for hydroxylation is 1. The fourth-order valence-corrected chi connectivity index (χ4v) is 2.01. The molecule has 0 aliphatic rings. The minimum atomic E-state index is -0.489. The topological polar surface area (TPSA) is 38.3 Å². The maximum absolute atomic E-state index is 13.7. The van der Waals surface area contributed by atoms with Crippen molar-refractivity contribution in [2.75, 3.05) is 13.7 Å². The summed E-state index contributed by atoms with van der Waals surface area (Å²) in [5.41, 5.74) is 1.96. The van der Waals surface area contributed by atoms with E-state index in [1.54, 1.807) is 20.1 Å². The fourth-order valence-electron chi connectivity index (χ4n) is 2.01. The smallest absolute Gasteiger partial charge is 0.254 e. The lowest BCUT2D eigenvalue weighted by Gasteiger charge is -2.07. The molecule has 0 fully saturated rings. The van der Waals surface area contributed by atoms with E-state index >= 15 is 0 Å². The summed E-state index contributed by atoms with van der Waals surface area (Å²) in [4.78, 5) is 11.9. The highest BCUT2D eigenvalue weighted by molar-refractivity contribution is 5.94. The molecule has 2 aromatic carbocycles. The summed E-state index contributed by atoms with van der Waals surface area (Å²) >= 11 is 0. The third kappa shape index (κ3) is 4.05. The second-order valence-electron chi connectivity index (χ2n) is 4.84. The van der Waals surface area contributed by atoms with Crippen LogP contribution in [0.4, 0.5) is 4.39 Å². The third-order valence-electron chi connectivity index (χ3n) is 3.23. The van der Waals surface area contributed by atoms with Crippen LogP contribution in [0.5, 0.6) is 5.75 Å². The second-order valence-corrected chi connectivity index (χ2v) is 4.84. The van der Waals surface area contributed by atoms with Crippen molar-refractivity contribution in [2.45, 2.75) is 13.3 Å². The molecule has 2 aromatic rings. The first-order valence-electron chi connectivity index (χ1n) is 6.77. The van der Waals surface area contributed by atoms with Crippen molar-refractivity contribution in [1.82, 2.24) is 5.32 Å². The molecule has 3 nitrogen and oxygen atoms in total. The van der Waals surface area contributed by atoms with Crippen molar-refractivity contribution >= 4 is 5.91 Å². The van der Waals surface area contributed by atoms with Gasteiger partial charge in [0.2, 0.25) is 0 Å². The van der Waals surface area contributed by atoms with Crippen LogP contribution in [0.15, 0.2) is 42.5 Å². The highest BCUT2D eigenvalue weighted by Crippen LogP contribution is 2.12. The molecule has 0 bridgehead atoms. The van der Waals surface area contributed by atoms with Gasteiger partial charge in [-0.15, -0.1) is 0 Å². The van der Waals surface area contributed by atoms with Crippen LogP contribution < -0.4 is 10.1 Å². The Labute approximate surface area is 123 Å². The lowest BCUT2D eigenvalue weighted by Crippen LogP contribution is -2.26. The molecular formula is C17H18FNO2. The van der Waals surface area contributed by atoms with Gasteiger partial charge in [0.1, 0.15) is 11.6 Å². The Bertz CT molecular complexity index is 623. The van der Waals surface area contributed by atoms with Gasteiger partial charge in [-0.2, -0.15) is 0 Å². The highest BCUT2D eigenvalue weighted by Gasteiger charge is 2.10. The average molecular weight is 287 g/mol. The molecule has 0 unspecified atom stereocenters. The molecule has 0 spiro atoms. The van der Waals surface area contributed by atoms with Crippen LogP contribution in [0.3, 0.4) is 0 Å². The van der Waals surface area contributed by atoms with Crippen molar-refractivity contribution in [3.05, 3.63) is 65.0 Å². The molecule has 0 heterocycles. The van der Waals surface area contributed by atoms with Crippen molar-refractivity contribution in [3.63, 3.8) is 0 Å². The number of nitrogens with one attached hydrogen (secondary N) is 1.